The fourth-order valence-corrected chi connectivity index (χ4v) is 1.68. The van der Waals surface area contributed by atoms with Gasteiger partial charge >= 0.3 is 5.97 Å². The second-order valence-electron chi connectivity index (χ2n) is 3.59. The smallest absolute Gasteiger partial charge is 0.356 e. The van der Waals surface area contributed by atoms with Crippen molar-refractivity contribution < 1.29 is 14.7 Å². The quantitative estimate of drug-likeness (QED) is 0.800. The summed E-state index contributed by atoms with van der Waals surface area (Å²) in [6.07, 6.45) is 0.298. The maximum atomic E-state index is 11.3. The second-order valence-corrected chi connectivity index (χ2v) is 3.59. The molecule has 0 spiro atoms. The molecule has 0 amide bonds. The van der Waals surface area contributed by atoms with Crippen LogP contribution in [-0.2, 0) is 15.2 Å². The van der Waals surface area contributed by atoms with E-state index in [0.29, 0.717) is 17.7 Å². The zero-order chi connectivity index (χ0) is 10.9. The third-order valence-electron chi connectivity index (χ3n) is 2.45. The van der Waals surface area contributed by atoms with Crippen molar-refractivity contribution in [2.45, 2.75) is 18.9 Å². The van der Waals surface area contributed by atoms with Crippen LogP contribution in [0.1, 0.15) is 18.9 Å². The van der Waals surface area contributed by atoms with Crippen LogP contribution >= 0.6 is 0 Å². The molecule has 0 aliphatic carbocycles. The predicted molar refractivity (Wildman–Crippen MR) is 54.6 cm³/mol. The monoisotopic (exact) mass is 205 g/mol. The van der Waals surface area contributed by atoms with Crippen molar-refractivity contribution in [3.05, 3.63) is 35.9 Å². The van der Waals surface area contributed by atoms with Gasteiger partial charge in [0.1, 0.15) is 0 Å². The van der Waals surface area contributed by atoms with Gasteiger partial charge in [0.15, 0.2) is 0 Å². The zero-order valence-electron chi connectivity index (χ0n) is 8.30. The first-order valence-corrected chi connectivity index (χ1v) is 4.66. The Bertz CT molecular complexity index is 413. The van der Waals surface area contributed by atoms with E-state index < -0.39 is 11.6 Å². The van der Waals surface area contributed by atoms with Gasteiger partial charge in [-0.15, -0.1) is 0 Å². The van der Waals surface area contributed by atoms with Gasteiger partial charge in [-0.2, -0.15) is 0 Å². The van der Waals surface area contributed by atoms with Crippen LogP contribution in [0.25, 0.3) is 0 Å². The number of rotatable bonds is 2. The Hall–Kier alpha value is -1.84. The molecule has 1 aromatic rings. The van der Waals surface area contributed by atoms with Gasteiger partial charge in [0.2, 0.25) is 0 Å². The highest BCUT2D eigenvalue weighted by atomic mass is 16.7. The molecule has 1 atom stereocenters. The summed E-state index contributed by atoms with van der Waals surface area (Å²) in [7, 11) is 0. The predicted octanol–water partition coefficient (Wildman–Crippen LogP) is 1.76. The van der Waals surface area contributed by atoms with Crippen LogP contribution in [0.4, 0.5) is 0 Å². The number of benzene rings is 1. The molecule has 4 heteroatoms. The molecule has 1 heterocycles. The minimum absolute atomic E-state index is 0.298. The van der Waals surface area contributed by atoms with E-state index >= 15 is 0 Å². The number of oxime groups is 1. The van der Waals surface area contributed by atoms with Gasteiger partial charge < -0.3 is 9.94 Å². The average Bonchev–Trinajstić information content (AvgIpc) is 2.63. The number of carbonyl (C=O) groups is 1. The first-order valence-electron chi connectivity index (χ1n) is 4.66. The first-order chi connectivity index (χ1) is 7.15. The molecule has 0 saturated carbocycles. The fourth-order valence-electron chi connectivity index (χ4n) is 1.68. The molecule has 0 bridgehead atoms. The van der Waals surface area contributed by atoms with Crippen molar-refractivity contribution in [2.75, 3.05) is 0 Å². The van der Waals surface area contributed by atoms with Crippen molar-refractivity contribution in [1.82, 2.24) is 0 Å². The lowest BCUT2D eigenvalue weighted by Gasteiger charge is -2.21. The van der Waals surface area contributed by atoms with Crippen LogP contribution in [0, 0.1) is 0 Å². The summed E-state index contributed by atoms with van der Waals surface area (Å²) in [5.41, 5.74) is -0.00919. The average molecular weight is 205 g/mol. The number of hydrogen-bond donors (Lipinski definition) is 1. The Balaban J connectivity index is 2.42. The molecule has 0 fully saturated rings. The molecule has 4 nitrogen and oxygen atoms in total. The first kappa shape index (κ1) is 9.71. The van der Waals surface area contributed by atoms with Crippen LogP contribution in [0.15, 0.2) is 35.5 Å². The minimum Gasteiger partial charge on any atom is -0.478 e. The molecule has 0 aromatic heterocycles. The molecule has 1 N–H and O–H groups in total. The minimum atomic E-state index is -1.33. The van der Waals surface area contributed by atoms with Crippen LogP contribution < -0.4 is 0 Å². The number of carboxylic acids is 1. The van der Waals surface area contributed by atoms with Gasteiger partial charge in [0.05, 0.1) is 5.71 Å². The third-order valence-corrected chi connectivity index (χ3v) is 2.45. The topological polar surface area (TPSA) is 58.9 Å². The maximum absolute atomic E-state index is 11.3. The van der Waals surface area contributed by atoms with Crippen LogP contribution in [-0.4, -0.2) is 16.8 Å². The Morgan fingerprint density at radius 1 is 1.47 bits per heavy atom. The van der Waals surface area contributed by atoms with Crippen LogP contribution in [0.3, 0.4) is 0 Å². The summed E-state index contributed by atoms with van der Waals surface area (Å²) < 4.78 is 0. The van der Waals surface area contributed by atoms with Gasteiger partial charge in [-0.25, -0.2) is 4.79 Å². The van der Waals surface area contributed by atoms with Crippen molar-refractivity contribution in [3.8, 4) is 0 Å². The SMILES string of the molecule is CC1=NOC(C(=O)O)(c2ccccc2)C1. The molecule has 0 saturated heterocycles. The van der Waals surface area contributed by atoms with Crippen LogP contribution in [0.2, 0.25) is 0 Å². The Morgan fingerprint density at radius 3 is 2.60 bits per heavy atom. The van der Waals surface area contributed by atoms with E-state index in [2.05, 4.69) is 5.16 Å². The van der Waals surface area contributed by atoms with E-state index in [-0.39, 0.29) is 0 Å². The lowest BCUT2D eigenvalue weighted by molar-refractivity contribution is -0.164. The summed E-state index contributed by atoms with van der Waals surface area (Å²) in [5, 5.41) is 13.0. The standard InChI is InChI=1S/C11H11NO3/c1-8-7-11(10(13)14,15-12-8)9-5-3-2-4-6-9/h2-6H,7H2,1H3,(H,13,14). The van der Waals surface area contributed by atoms with Crippen molar-refractivity contribution in [1.29, 1.82) is 0 Å². The fraction of sp³-hybridized carbons (Fsp3) is 0.273. The van der Waals surface area contributed by atoms with Gasteiger partial charge in [0.25, 0.3) is 5.60 Å². The third kappa shape index (κ3) is 1.48. The normalized spacial score (nSPS) is 24.5. The van der Waals surface area contributed by atoms with Gasteiger partial charge in [-0.1, -0.05) is 35.5 Å². The Labute approximate surface area is 87.2 Å². The Kier molecular flexibility index (Phi) is 2.19. The molecule has 1 unspecified atom stereocenters. The van der Waals surface area contributed by atoms with Gasteiger partial charge in [-0.3, -0.25) is 0 Å². The van der Waals surface area contributed by atoms with E-state index in [9.17, 15) is 9.90 Å². The molecule has 78 valence electrons. The van der Waals surface area contributed by atoms with E-state index in [1.807, 2.05) is 6.07 Å². The highest BCUT2D eigenvalue weighted by Crippen LogP contribution is 2.34. The zero-order valence-corrected chi connectivity index (χ0v) is 8.30. The molecule has 1 aliphatic heterocycles. The number of hydrogen-bond acceptors (Lipinski definition) is 3. The highest BCUT2D eigenvalue weighted by Gasteiger charge is 2.47. The molecular formula is C11H11NO3. The summed E-state index contributed by atoms with van der Waals surface area (Å²) in [6, 6.07) is 8.89. The summed E-state index contributed by atoms with van der Waals surface area (Å²) in [5.74, 6) is -1.01. The lowest BCUT2D eigenvalue weighted by Crippen LogP contribution is -2.35. The Morgan fingerprint density at radius 2 is 2.13 bits per heavy atom. The van der Waals surface area contributed by atoms with Gasteiger partial charge in [-0.05, 0) is 6.92 Å². The second kappa shape index (κ2) is 3.38. The van der Waals surface area contributed by atoms with E-state index in [1.165, 1.54) is 0 Å². The molecule has 15 heavy (non-hydrogen) atoms. The molecule has 2 rings (SSSR count). The highest BCUT2D eigenvalue weighted by molar-refractivity contribution is 5.92. The summed E-state index contributed by atoms with van der Waals surface area (Å²) in [4.78, 5) is 16.4. The van der Waals surface area contributed by atoms with Crippen LogP contribution in [0.5, 0.6) is 0 Å². The number of carboxylic acid groups (broad SMARTS) is 1. The molecule has 1 aromatic carbocycles. The number of aliphatic carboxylic acids is 1. The molecule has 1 aliphatic rings. The van der Waals surface area contributed by atoms with E-state index in [4.69, 9.17) is 4.84 Å². The van der Waals surface area contributed by atoms with Gasteiger partial charge in [0, 0.05) is 12.0 Å². The van der Waals surface area contributed by atoms with E-state index in [1.54, 1.807) is 31.2 Å². The van der Waals surface area contributed by atoms with Crippen molar-refractivity contribution >= 4 is 11.7 Å². The van der Waals surface area contributed by atoms with E-state index in [0.717, 1.165) is 0 Å². The summed E-state index contributed by atoms with van der Waals surface area (Å²) >= 11 is 0. The molecule has 0 radical (unpaired) electrons. The number of nitrogens with zero attached hydrogens (tertiary/aromatic N) is 1. The molecular weight excluding hydrogens is 194 g/mol. The largest absolute Gasteiger partial charge is 0.478 e. The summed E-state index contributed by atoms with van der Waals surface area (Å²) in [6.45, 7) is 1.76. The van der Waals surface area contributed by atoms with Crippen molar-refractivity contribution in [2.24, 2.45) is 5.16 Å². The lowest BCUT2D eigenvalue weighted by atomic mass is 9.89. The van der Waals surface area contributed by atoms with Crippen molar-refractivity contribution in [3.63, 3.8) is 0 Å². The maximum Gasteiger partial charge on any atom is 0.356 e.